The van der Waals surface area contributed by atoms with Crippen molar-refractivity contribution >= 4 is 11.7 Å². The minimum absolute atomic E-state index is 0.0400. The normalized spacial score (nSPS) is 20.8. The van der Waals surface area contributed by atoms with Gasteiger partial charge < -0.3 is 9.80 Å². The highest BCUT2D eigenvalue weighted by atomic mass is 16.2. The largest absolute Gasteiger partial charge is 0.355 e. The Balaban J connectivity index is 1.52. The number of anilines is 1. The van der Waals surface area contributed by atoms with Gasteiger partial charge in [0.25, 0.3) is 5.91 Å². The number of rotatable bonds is 3. The molecule has 7 nitrogen and oxygen atoms in total. The van der Waals surface area contributed by atoms with E-state index in [-0.39, 0.29) is 11.9 Å². The highest BCUT2D eigenvalue weighted by Crippen LogP contribution is 2.32. The molecule has 2 saturated heterocycles. The lowest BCUT2D eigenvalue weighted by atomic mass is 10.1. The van der Waals surface area contributed by atoms with Crippen LogP contribution in [-0.2, 0) is 7.05 Å². The molecule has 0 aliphatic carbocycles. The van der Waals surface area contributed by atoms with Crippen LogP contribution in [0, 0.1) is 0 Å². The van der Waals surface area contributed by atoms with Crippen LogP contribution < -0.4 is 4.90 Å². The smallest absolute Gasteiger partial charge is 0.274 e. The van der Waals surface area contributed by atoms with E-state index in [1.165, 1.54) is 12.8 Å². The SMILES string of the molecule is Cn1cc(C2CCCN2C(=O)c2ccc(N3CCCC3)nn2)cn1. The first-order valence-electron chi connectivity index (χ1n) is 8.60. The molecule has 2 aromatic heterocycles. The second-order valence-electron chi connectivity index (χ2n) is 6.57. The van der Waals surface area contributed by atoms with E-state index in [2.05, 4.69) is 20.2 Å². The van der Waals surface area contributed by atoms with E-state index >= 15 is 0 Å². The van der Waals surface area contributed by atoms with E-state index < -0.39 is 0 Å². The van der Waals surface area contributed by atoms with Gasteiger partial charge >= 0.3 is 0 Å². The molecular weight excluding hydrogens is 304 g/mol. The Morgan fingerprint density at radius 1 is 1.12 bits per heavy atom. The number of nitrogens with zero attached hydrogens (tertiary/aromatic N) is 6. The molecule has 4 rings (SSSR count). The first kappa shape index (κ1) is 15.1. The molecule has 4 heterocycles. The fraction of sp³-hybridized carbons (Fsp3) is 0.529. The summed E-state index contributed by atoms with van der Waals surface area (Å²) in [5, 5.41) is 12.7. The van der Waals surface area contributed by atoms with Crippen LogP contribution in [0.25, 0.3) is 0 Å². The van der Waals surface area contributed by atoms with Gasteiger partial charge in [0.2, 0.25) is 0 Å². The van der Waals surface area contributed by atoms with Gasteiger partial charge in [-0.3, -0.25) is 9.48 Å². The Morgan fingerprint density at radius 2 is 1.96 bits per heavy atom. The van der Waals surface area contributed by atoms with Crippen LogP contribution in [0.3, 0.4) is 0 Å². The summed E-state index contributed by atoms with van der Waals surface area (Å²) in [5.41, 5.74) is 1.51. The van der Waals surface area contributed by atoms with Crippen molar-refractivity contribution < 1.29 is 4.79 Å². The van der Waals surface area contributed by atoms with Crippen LogP contribution >= 0.6 is 0 Å². The van der Waals surface area contributed by atoms with Crippen LogP contribution in [0.4, 0.5) is 5.82 Å². The minimum Gasteiger partial charge on any atom is -0.355 e. The highest BCUT2D eigenvalue weighted by Gasteiger charge is 2.32. The second-order valence-corrected chi connectivity index (χ2v) is 6.57. The van der Waals surface area contributed by atoms with Crippen molar-refractivity contribution in [2.45, 2.75) is 31.7 Å². The van der Waals surface area contributed by atoms with Gasteiger partial charge in [0.1, 0.15) is 0 Å². The molecule has 0 aromatic carbocycles. The van der Waals surface area contributed by atoms with Crippen molar-refractivity contribution in [3.63, 3.8) is 0 Å². The number of carbonyl (C=O) groups is 1. The van der Waals surface area contributed by atoms with Gasteiger partial charge in [-0.1, -0.05) is 0 Å². The standard InChI is InChI=1S/C17H22N6O/c1-21-12-13(11-18-21)15-5-4-10-23(15)17(24)14-6-7-16(20-19-14)22-8-2-3-9-22/h6-7,11-12,15H,2-5,8-10H2,1H3. The van der Waals surface area contributed by atoms with E-state index in [1.807, 2.05) is 36.5 Å². The average Bonchev–Trinajstić information content (AvgIpc) is 3.35. The zero-order valence-electron chi connectivity index (χ0n) is 13.9. The lowest BCUT2D eigenvalue weighted by molar-refractivity contribution is 0.0728. The molecule has 24 heavy (non-hydrogen) atoms. The molecule has 1 unspecified atom stereocenters. The number of amides is 1. The van der Waals surface area contributed by atoms with E-state index in [0.717, 1.165) is 43.9 Å². The molecule has 0 saturated carbocycles. The third kappa shape index (κ3) is 2.74. The van der Waals surface area contributed by atoms with Crippen molar-refractivity contribution in [3.05, 3.63) is 35.8 Å². The van der Waals surface area contributed by atoms with Crippen molar-refractivity contribution in [1.82, 2.24) is 24.9 Å². The predicted octanol–water partition coefficient (Wildman–Crippen LogP) is 1.79. The maximum absolute atomic E-state index is 12.9. The third-order valence-corrected chi connectivity index (χ3v) is 4.92. The Morgan fingerprint density at radius 3 is 2.62 bits per heavy atom. The van der Waals surface area contributed by atoms with Gasteiger partial charge in [0.15, 0.2) is 11.5 Å². The quantitative estimate of drug-likeness (QED) is 0.860. The number of carbonyl (C=O) groups excluding carboxylic acids is 1. The van der Waals surface area contributed by atoms with Crippen molar-refractivity contribution in [1.29, 1.82) is 0 Å². The molecule has 2 aromatic rings. The zero-order chi connectivity index (χ0) is 16.5. The number of aryl methyl sites for hydroxylation is 1. The molecule has 126 valence electrons. The molecule has 7 heteroatoms. The Labute approximate surface area is 141 Å². The highest BCUT2D eigenvalue weighted by molar-refractivity contribution is 5.92. The Hall–Kier alpha value is -2.44. The number of aromatic nitrogens is 4. The molecule has 1 atom stereocenters. The summed E-state index contributed by atoms with van der Waals surface area (Å²) in [6.45, 7) is 2.81. The molecule has 0 N–H and O–H groups in total. The van der Waals surface area contributed by atoms with E-state index in [0.29, 0.717) is 5.69 Å². The van der Waals surface area contributed by atoms with Gasteiger partial charge in [-0.2, -0.15) is 5.10 Å². The monoisotopic (exact) mass is 326 g/mol. The van der Waals surface area contributed by atoms with Gasteiger partial charge in [-0.05, 0) is 37.8 Å². The minimum atomic E-state index is -0.0400. The van der Waals surface area contributed by atoms with Crippen molar-refractivity contribution in [2.75, 3.05) is 24.5 Å². The summed E-state index contributed by atoms with van der Waals surface area (Å²) in [6, 6.07) is 3.81. The van der Waals surface area contributed by atoms with Crippen molar-refractivity contribution in [3.8, 4) is 0 Å². The molecule has 1 amide bonds. The van der Waals surface area contributed by atoms with Gasteiger partial charge in [0.05, 0.1) is 12.2 Å². The lowest BCUT2D eigenvalue weighted by Crippen LogP contribution is -2.31. The maximum atomic E-state index is 12.9. The van der Waals surface area contributed by atoms with Gasteiger partial charge in [-0.25, -0.2) is 0 Å². The third-order valence-electron chi connectivity index (χ3n) is 4.92. The fourth-order valence-corrected chi connectivity index (χ4v) is 3.67. The second kappa shape index (κ2) is 6.22. The topological polar surface area (TPSA) is 67.2 Å². The Kier molecular flexibility index (Phi) is 3.92. The van der Waals surface area contributed by atoms with Crippen LogP contribution in [-0.4, -0.2) is 50.4 Å². The number of hydrogen-bond donors (Lipinski definition) is 0. The summed E-state index contributed by atoms with van der Waals surface area (Å²) < 4.78 is 1.78. The molecule has 0 radical (unpaired) electrons. The average molecular weight is 326 g/mol. The van der Waals surface area contributed by atoms with E-state index in [4.69, 9.17) is 0 Å². The fourth-order valence-electron chi connectivity index (χ4n) is 3.67. The number of hydrogen-bond acceptors (Lipinski definition) is 5. The summed E-state index contributed by atoms with van der Waals surface area (Å²) in [5.74, 6) is 0.830. The molecule has 0 bridgehead atoms. The maximum Gasteiger partial charge on any atom is 0.274 e. The summed E-state index contributed by atoms with van der Waals surface area (Å²) >= 11 is 0. The zero-order valence-corrected chi connectivity index (χ0v) is 13.9. The van der Waals surface area contributed by atoms with Crippen LogP contribution in [0.1, 0.15) is 47.8 Å². The summed E-state index contributed by atoms with van der Waals surface area (Å²) in [4.78, 5) is 17.0. The predicted molar refractivity (Wildman–Crippen MR) is 89.7 cm³/mol. The van der Waals surface area contributed by atoms with E-state index in [1.54, 1.807) is 4.68 Å². The lowest BCUT2D eigenvalue weighted by Gasteiger charge is -2.23. The van der Waals surface area contributed by atoms with Crippen LogP contribution in [0.2, 0.25) is 0 Å². The van der Waals surface area contributed by atoms with Gasteiger partial charge in [-0.15, -0.1) is 10.2 Å². The molecule has 2 fully saturated rings. The first-order valence-corrected chi connectivity index (χ1v) is 8.60. The van der Waals surface area contributed by atoms with Gasteiger partial charge in [0, 0.05) is 38.4 Å². The molecule has 2 aliphatic heterocycles. The van der Waals surface area contributed by atoms with Crippen LogP contribution in [0.5, 0.6) is 0 Å². The molecular formula is C17H22N6O. The molecule has 2 aliphatic rings. The summed E-state index contributed by atoms with van der Waals surface area (Å²) in [7, 11) is 1.90. The molecule has 0 spiro atoms. The summed E-state index contributed by atoms with van der Waals surface area (Å²) in [6.07, 6.45) is 8.20. The van der Waals surface area contributed by atoms with Crippen LogP contribution in [0.15, 0.2) is 24.5 Å². The van der Waals surface area contributed by atoms with Crippen molar-refractivity contribution in [2.24, 2.45) is 7.05 Å². The Bertz CT molecular complexity index is 719. The first-order chi connectivity index (χ1) is 11.7. The number of likely N-dealkylation sites (tertiary alicyclic amines) is 1. The van der Waals surface area contributed by atoms with E-state index in [9.17, 15) is 4.79 Å².